The molecule has 0 spiro atoms. The fraction of sp³-hybridized carbons (Fsp3) is 0.154. The third kappa shape index (κ3) is 4.80. The van der Waals surface area contributed by atoms with Crippen LogP contribution in [0, 0.1) is 0 Å². The minimum Gasteiger partial charge on any atom is -0.497 e. The molecule has 0 saturated heterocycles. The Kier molecular flexibility index (Phi) is 6.68. The van der Waals surface area contributed by atoms with Gasteiger partial charge in [0.25, 0.3) is 17.7 Å². The van der Waals surface area contributed by atoms with Crippen molar-refractivity contribution in [1.29, 1.82) is 0 Å². The maximum Gasteiger partial charge on any atom is 0.330 e. The van der Waals surface area contributed by atoms with Gasteiger partial charge in [-0.3, -0.25) is 19.3 Å². The number of anilines is 1. The molecule has 0 radical (unpaired) electrons. The highest BCUT2D eigenvalue weighted by atomic mass is 16.5. The smallest absolute Gasteiger partial charge is 0.330 e. The monoisotopic (exact) mass is 458 g/mol. The molecular weight excluding hydrogens is 436 g/mol. The molecular formula is C26H22N2O6. The summed E-state index contributed by atoms with van der Waals surface area (Å²) in [5.74, 6) is -1.90. The first-order valence-corrected chi connectivity index (χ1v) is 10.6. The molecule has 3 amide bonds. The zero-order valence-corrected chi connectivity index (χ0v) is 18.4. The molecule has 1 N–H and O–H groups in total. The van der Waals surface area contributed by atoms with Gasteiger partial charge in [0.05, 0.1) is 18.2 Å². The molecule has 4 rings (SSSR count). The Balaban J connectivity index is 1.48. The number of amides is 3. The van der Waals surface area contributed by atoms with Gasteiger partial charge in [-0.1, -0.05) is 42.5 Å². The van der Waals surface area contributed by atoms with E-state index in [4.69, 9.17) is 9.47 Å². The molecule has 1 aliphatic heterocycles. The number of methoxy groups -OCH3 is 1. The Bertz CT molecular complexity index is 1190. The fourth-order valence-electron chi connectivity index (χ4n) is 3.71. The molecule has 0 bridgehead atoms. The Morgan fingerprint density at radius 2 is 1.44 bits per heavy atom. The third-order valence-electron chi connectivity index (χ3n) is 5.40. The van der Waals surface area contributed by atoms with E-state index in [9.17, 15) is 19.2 Å². The molecule has 0 saturated carbocycles. The van der Waals surface area contributed by atoms with Crippen molar-refractivity contribution in [3.63, 3.8) is 0 Å². The van der Waals surface area contributed by atoms with Crippen LogP contribution in [0.4, 0.5) is 5.69 Å². The lowest BCUT2D eigenvalue weighted by atomic mass is 10.0. The molecule has 1 atom stereocenters. The van der Waals surface area contributed by atoms with Gasteiger partial charge in [-0.25, -0.2) is 4.79 Å². The van der Waals surface area contributed by atoms with Crippen LogP contribution in [0.15, 0.2) is 78.9 Å². The second kappa shape index (κ2) is 9.99. The van der Waals surface area contributed by atoms with Crippen LogP contribution in [0.2, 0.25) is 0 Å². The molecule has 3 aromatic carbocycles. The number of imide groups is 1. The highest BCUT2D eigenvalue weighted by Gasteiger charge is 2.43. The van der Waals surface area contributed by atoms with Gasteiger partial charge in [-0.05, 0) is 42.0 Å². The Hall–Kier alpha value is -4.46. The van der Waals surface area contributed by atoms with E-state index in [0.29, 0.717) is 11.4 Å². The number of ether oxygens (including phenoxy) is 2. The van der Waals surface area contributed by atoms with E-state index < -0.39 is 36.3 Å². The zero-order valence-electron chi connectivity index (χ0n) is 18.4. The van der Waals surface area contributed by atoms with Gasteiger partial charge in [0, 0.05) is 12.1 Å². The summed E-state index contributed by atoms with van der Waals surface area (Å²) in [7, 11) is 1.53. The van der Waals surface area contributed by atoms with Gasteiger partial charge >= 0.3 is 5.97 Å². The summed E-state index contributed by atoms with van der Waals surface area (Å²) < 4.78 is 10.3. The number of carbonyl (C=O) groups is 4. The van der Waals surface area contributed by atoms with Crippen molar-refractivity contribution in [3.8, 4) is 5.75 Å². The second-order valence-electron chi connectivity index (χ2n) is 7.62. The highest BCUT2D eigenvalue weighted by molar-refractivity contribution is 6.22. The molecule has 1 heterocycles. The summed E-state index contributed by atoms with van der Waals surface area (Å²) in [6, 6.07) is 20.8. The molecule has 8 nitrogen and oxygen atoms in total. The summed E-state index contributed by atoms with van der Waals surface area (Å²) in [5, 5.41) is 2.62. The van der Waals surface area contributed by atoms with Crippen LogP contribution in [-0.2, 0) is 20.7 Å². The fourth-order valence-corrected chi connectivity index (χ4v) is 3.71. The number of nitrogens with zero attached hydrogens (tertiary/aromatic N) is 1. The van der Waals surface area contributed by atoms with E-state index in [2.05, 4.69) is 5.32 Å². The minimum absolute atomic E-state index is 0.0608. The van der Waals surface area contributed by atoms with Crippen molar-refractivity contribution in [2.75, 3.05) is 19.0 Å². The van der Waals surface area contributed by atoms with Gasteiger partial charge in [-0.2, -0.15) is 0 Å². The average molecular weight is 458 g/mol. The summed E-state index contributed by atoms with van der Waals surface area (Å²) in [6.45, 7) is -0.570. The predicted molar refractivity (Wildman–Crippen MR) is 123 cm³/mol. The van der Waals surface area contributed by atoms with E-state index in [1.54, 1.807) is 72.8 Å². The molecule has 34 heavy (non-hydrogen) atoms. The Morgan fingerprint density at radius 1 is 0.853 bits per heavy atom. The van der Waals surface area contributed by atoms with E-state index in [-0.39, 0.29) is 17.5 Å². The first-order valence-electron chi connectivity index (χ1n) is 10.6. The molecule has 0 fully saturated rings. The van der Waals surface area contributed by atoms with Crippen LogP contribution >= 0.6 is 0 Å². The summed E-state index contributed by atoms with van der Waals surface area (Å²) in [5.41, 5.74) is 1.71. The Morgan fingerprint density at radius 3 is 2.03 bits per heavy atom. The third-order valence-corrected chi connectivity index (χ3v) is 5.40. The van der Waals surface area contributed by atoms with Crippen LogP contribution in [0.3, 0.4) is 0 Å². The Labute approximate surface area is 196 Å². The summed E-state index contributed by atoms with van der Waals surface area (Å²) in [4.78, 5) is 52.2. The first-order chi connectivity index (χ1) is 16.5. The average Bonchev–Trinajstić information content (AvgIpc) is 3.12. The molecule has 3 aromatic rings. The molecule has 1 unspecified atom stereocenters. The second-order valence-corrected chi connectivity index (χ2v) is 7.62. The topological polar surface area (TPSA) is 102 Å². The van der Waals surface area contributed by atoms with Gasteiger partial charge < -0.3 is 14.8 Å². The van der Waals surface area contributed by atoms with Gasteiger partial charge in [0.15, 0.2) is 6.61 Å². The van der Waals surface area contributed by atoms with E-state index in [0.717, 1.165) is 10.5 Å². The minimum atomic E-state index is -1.22. The van der Waals surface area contributed by atoms with Gasteiger partial charge in [0.2, 0.25) is 0 Å². The number of rotatable bonds is 8. The maximum absolute atomic E-state index is 13.1. The number of fused-ring (bicyclic) bond motifs is 1. The van der Waals surface area contributed by atoms with Gasteiger partial charge in [0.1, 0.15) is 11.8 Å². The van der Waals surface area contributed by atoms with Crippen molar-refractivity contribution < 1.29 is 28.7 Å². The standard InChI is InChI=1S/C26H22N2O6/c1-33-19-13-11-18(12-14-19)27-23(29)16-34-26(32)22(15-17-7-3-2-4-8-17)28-24(30)20-9-5-6-10-21(20)25(28)31/h2-14,22H,15-16H2,1H3,(H,27,29). The number of nitrogens with one attached hydrogen (secondary N) is 1. The zero-order chi connectivity index (χ0) is 24.1. The highest BCUT2D eigenvalue weighted by Crippen LogP contribution is 2.26. The van der Waals surface area contributed by atoms with E-state index in [1.807, 2.05) is 6.07 Å². The molecule has 8 heteroatoms. The number of hydrogen-bond donors (Lipinski definition) is 1. The van der Waals surface area contributed by atoms with Crippen LogP contribution in [0.1, 0.15) is 26.3 Å². The first kappa shape index (κ1) is 22.7. The summed E-state index contributed by atoms with van der Waals surface area (Å²) in [6.07, 6.45) is 0.0608. The van der Waals surface area contributed by atoms with Crippen LogP contribution in [0.25, 0.3) is 0 Å². The number of esters is 1. The van der Waals surface area contributed by atoms with Crippen molar-refractivity contribution >= 4 is 29.4 Å². The lowest BCUT2D eigenvalue weighted by Gasteiger charge is -2.24. The van der Waals surface area contributed by atoms with Crippen molar-refractivity contribution in [1.82, 2.24) is 4.90 Å². The quantitative estimate of drug-likeness (QED) is 0.411. The lowest BCUT2D eigenvalue weighted by molar-refractivity contribution is -0.151. The molecule has 1 aliphatic rings. The normalized spacial score (nSPS) is 13.3. The van der Waals surface area contributed by atoms with Crippen LogP contribution < -0.4 is 10.1 Å². The number of hydrogen-bond acceptors (Lipinski definition) is 6. The van der Waals surface area contributed by atoms with E-state index >= 15 is 0 Å². The van der Waals surface area contributed by atoms with Crippen molar-refractivity contribution in [2.24, 2.45) is 0 Å². The largest absolute Gasteiger partial charge is 0.497 e. The van der Waals surface area contributed by atoms with Crippen molar-refractivity contribution in [2.45, 2.75) is 12.5 Å². The molecule has 172 valence electrons. The SMILES string of the molecule is COc1ccc(NC(=O)COC(=O)C(Cc2ccccc2)N2C(=O)c3ccccc3C2=O)cc1. The molecule has 0 aromatic heterocycles. The number of benzene rings is 3. The molecule has 0 aliphatic carbocycles. The van der Waals surface area contributed by atoms with Crippen LogP contribution in [-0.4, -0.2) is 48.3 Å². The maximum atomic E-state index is 13.1. The van der Waals surface area contributed by atoms with E-state index in [1.165, 1.54) is 7.11 Å². The lowest BCUT2D eigenvalue weighted by Crippen LogP contribution is -2.47. The number of carbonyl (C=O) groups excluding carboxylic acids is 4. The van der Waals surface area contributed by atoms with Crippen LogP contribution in [0.5, 0.6) is 5.75 Å². The van der Waals surface area contributed by atoms with Crippen molar-refractivity contribution in [3.05, 3.63) is 95.6 Å². The predicted octanol–water partition coefficient (Wildman–Crippen LogP) is 3.08. The van der Waals surface area contributed by atoms with Gasteiger partial charge in [-0.15, -0.1) is 0 Å². The summed E-state index contributed by atoms with van der Waals surface area (Å²) >= 11 is 0.